The molecule has 0 aliphatic carbocycles. The van der Waals surface area contributed by atoms with Crippen molar-refractivity contribution in [2.75, 3.05) is 18.1 Å². The lowest BCUT2D eigenvalue weighted by atomic mass is 10.1. The molecule has 1 aromatic carbocycles. The molecule has 3 rings (SSSR count). The lowest BCUT2D eigenvalue weighted by Crippen LogP contribution is -2.10. The second-order valence-electron chi connectivity index (χ2n) is 5.79. The molecule has 130 valence electrons. The fourth-order valence-corrected chi connectivity index (χ4v) is 3.10. The summed E-state index contributed by atoms with van der Waals surface area (Å²) in [5.74, 6) is 1.10. The molecule has 7 nitrogen and oxygen atoms in total. The Hall–Kier alpha value is -2.74. The van der Waals surface area contributed by atoms with Gasteiger partial charge in [-0.2, -0.15) is 0 Å². The van der Waals surface area contributed by atoms with Gasteiger partial charge in [0.2, 0.25) is 10.0 Å². The zero-order valence-electron chi connectivity index (χ0n) is 14.4. The van der Waals surface area contributed by atoms with Gasteiger partial charge in [0.05, 0.1) is 30.3 Å². The number of nitrogens with one attached hydrogen (secondary N) is 1. The maximum atomic E-state index is 11.6. The van der Waals surface area contributed by atoms with Crippen LogP contribution in [0.2, 0.25) is 0 Å². The molecule has 25 heavy (non-hydrogen) atoms. The maximum absolute atomic E-state index is 11.6. The molecule has 1 N–H and O–H groups in total. The Balaban J connectivity index is 2.18. The van der Waals surface area contributed by atoms with Crippen LogP contribution in [0.5, 0.6) is 5.75 Å². The number of nitrogens with zero attached hydrogens (tertiary/aromatic N) is 3. The molecule has 0 bridgehead atoms. The number of aromatic nitrogens is 3. The van der Waals surface area contributed by atoms with Crippen LogP contribution in [0.3, 0.4) is 0 Å². The van der Waals surface area contributed by atoms with Gasteiger partial charge in [-0.3, -0.25) is 4.72 Å². The molecule has 2 heterocycles. The number of fused-ring (bicyclic) bond motifs is 1. The van der Waals surface area contributed by atoms with E-state index in [1.54, 1.807) is 24.5 Å². The number of methoxy groups -OCH3 is 1. The van der Waals surface area contributed by atoms with Gasteiger partial charge < -0.3 is 4.74 Å². The van der Waals surface area contributed by atoms with E-state index in [2.05, 4.69) is 19.7 Å². The van der Waals surface area contributed by atoms with E-state index in [9.17, 15) is 8.42 Å². The smallest absolute Gasteiger partial charge is 0.229 e. The van der Waals surface area contributed by atoms with Gasteiger partial charge in [0.25, 0.3) is 0 Å². The Morgan fingerprint density at radius 1 is 1.08 bits per heavy atom. The molecule has 0 spiro atoms. The van der Waals surface area contributed by atoms with Crippen molar-refractivity contribution >= 4 is 26.6 Å². The van der Waals surface area contributed by atoms with Gasteiger partial charge in [0.1, 0.15) is 11.6 Å². The fraction of sp³-hybridized carbons (Fsp3) is 0.235. The number of hydrogen-bond donors (Lipinski definition) is 1. The number of sulfonamides is 1. The molecule has 0 aliphatic heterocycles. The Labute approximate surface area is 146 Å². The molecule has 0 radical (unpaired) electrons. The highest BCUT2D eigenvalue weighted by Gasteiger charge is 2.13. The van der Waals surface area contributed by atoms with Crippen LogP contribution in [0.1, 0.15) is 11.4 Å². The van der Waals surface area contributed by atoms with E-state index in [1.807, 2.05) is 19.9 Å². The number of benzene rings is 1. The zero-order valence-corrected chi connectivity index (χ0v) is 15.2. The number of pyridine rings is 1. The second-order valence-corrected chi connectivity index (χ2v) is 7.54. The largest absolute Gasteiger partial charge is 0.494 e. The van der Waals surface area contributed by atoms with Crippen molar-refractivity contribution in [3.8, 4) is 17.0 Å². The van der Waals surface area contributed by atoms with Gasteiger partial charge >= 0.3 is 0 Å². The van der Waals surface area contributed by atoms with Crippen LogP contribution >= 0.6 is 0 Å². The molecular formula is C17H18N4O3S. The van der Waals surface area contributed by atoms with Gasteiger partial charge in [-0.25, -0.2) is 23.4 Å². The van der Waals surface area contributed by atoms with Crippen molar-refractivity contribution < 1.29 is 13.2 Å². The van der Waals surface area contributed by atoms with Gasteiger partial charge in [0.15, 0.2) is 0 Å². The Bertz CT molecular complexity index is 1050. The van der Waals surface area contributed by atoms with E-state index >= 15 is 0 Å². The van der Waals surface area contributed by atoms with E-state index < -0.39 is 10.0 Å². The minimum absolute atomic E-state index is 0.383. The summed E-state index contributed by atoms with van der Waals surface area (Å²) in [6, 6.07) is 5.37. The molecular weight excluding hydrogens is 340 g/mol. The number of ether oxygens (including phenoxy) is 1. The SMILES string of the molecule is COc1cc2nc(-c3cnc(C)nc3)cc(C)c2cc1NS(C)(=O)=O. The van der Waals surface area contributed by atoms with Crippen LogP contribution in [-0.2, 0) is 10.0 Å². The first kappa shape index (κ1) is 17.1. The third kappa shape index (κ3) is 3.69. The molecule has 8 heteroatoms. The second kappa shape index (κ2) is 6.29. The van der Waals surface area contributed by atoms with Crippen molar-refractivity contribution in [1.82, 2.24) is 15.0 Å². The van der Waals surface area contributed by atoms with Crippen LogP contribution in [0, 0.1) is 13.8 Å². The van der Waals surface area contributed by atoms with Crippen molar-refractivity contribution in [3.63, 3.8) is 0 Å². The summed E-state index contributed by atoms with van der Waals surface area (Å²) >= 11 is 0. The van der Waals surface area contributed by atoms with Crippen LogP contribution in [0.15, 0.2) is 30.6 Å². The van der Waals surface area contributed by atoms with Gasteiger partial charge in [0, 0.05) is 29.4 Å². The van der Waals surface area contributed by atoms with Crippen LogP contribution in [0.4, 0.5) is 5.69 Å². The molecule has 0 amide bonds. The Morgan fingerprint density at radius 2 is 1.76 bits per heavy atom. The van der Waals surface area contributed by atoms with Crippen molar-refractivity contribution in [1.29, 1.82) is 0 Å². The van der Waals surface area contributed by atoms with Gasteiger partial charge in [-0.1, -0.05) is 0 Å². The number of aryl methyl sites for hydroxylation is 2. The number of anilines is 1. The average molecular weight is 358 g/mol. The summed E-state index contributed by atoms with van der Waals surface area (Å²) in [5, 5.41) is 0.837. The molecule has 0 saturated heterocycles. The van der Waals surface area contributed by atoms with Crippen LogP contribution in [0.25, 0.3) is 22.2 Å². The molecule has 0 aliphatic rings. The Morgan fingerprint density at radius 3 is 2.36 bits per heavy atom. The molecule has 3 aromatic rings. The zero-order chi connectivity index (χ0) is 18.2. The third-order valence-corrected chi connectivity index (χ3v) is 4.30. The highest BCUT2D eigenvalue weighted by molar-refractivity contribution is 7.92. The molecule has 0 unspecified atom stereocenters. The van der Waals surface area contributed by atoms with E-state index in [-0.39, 0.29) is 0 Å². The lowest BCUT2D eigenvalue weighted by molar-refractivity contribution is 0.417. The van der Waals surface area contributed by atoms with E-state index in [4.69, 9.17) is 4.74 Å². The third-order valence-electron chi connectivity index (χ3n) is 3.71. The average Bonchev–Trinajstić information content (AvgIpc) is 2.54. The predicted octanol–water partition coefficient (Wildman–Crippen LogP) is 2.69. The van der Waals surface area contributed by atoms with Gasteiger partial charge in [-0.05, 0) is 31.5 Å². The number of hydrogen-bond acceptors (Lipinski definition) is 6. The van der Waals surface area contributed by atoms with E-state index in [0.717, 1.165) is 28.5 Å². The summed E-state index contributed by atoms with van der Waals surface area (Å²) < 4.78 is 30.9. The van der Waals surface area contributed by atoms with E-state index in [1.165, 1.54) is 7.11 Å². The van der Waals surface area contributed by atoms with Crippen molar-refractivity contribution in [3.05, 3.63) is 42.0 Å². The quantitative estimate of drug-likeness (QED) is 0.770. The molecule has 0 atom stereocenters. The first-order chi connectivity index (χ1) is 11.8. The van der Waals surface area contributed by atoms with E-state index in [0.29, 0.717) is 22.8 Å². The highest BCUT2D eigenvalue weighted by Crippen LogP contribution is 2.33. The fourth-order valence-electron chi connectivity index (χ4n) is 2.54. The highest BCUT2D eigenvalue weighted by atomic mass is 32.2. The molecule has 2 aromatic heterocycles. The van der Waals surface area contributed by atoms with Crippen LogP contribution in [-0.4, -0.2) is 36.7 Å². The minimum Gasteiger partial charge on any atom is -0.494 e. The van der Waals surface area contributed by atoms with Crippen LogP contribution < -0.4 is 9.46 Å². The van der Waals surface area contributed by atoms with Crippen molar-refractivity contribution in [2.24, 2.45) is 0 Å². The Kier molecular flexibility index (Phi) is 4.30. The first-order valence-corrected chi connectivity index (χ1v) is 9.42. The summed E-state index contributed by atoms with van der Waals surface area (Å²) in [7, 11) is -1.93. The monoisotopic (exact) mass is 358 g/mol. The summed E-state index contributed by atoms with van der Waals surface area (Å²) in [6.07, 6.45) is 4.56. The summed E-state index contributed by atoms with van der Waals surface area (Å²) in [4.78, 5) is 13.0. The summed E-state index contributed by atoms with van der Waals surface area (Å²) in [5.41, 5.74) is 3.60. The van der Waals surface area contributed by atoms with Gasteiger partial charge in [-0.15, -0.1) is 0 Å². The molecule has 0 saturated carbocycles. The minimum atomic E-state index is -3.41. The predicted molar refractivity (Wildman–Crippen MR) is 97.3 cm³/mol. The normalized spacial score (nSPS) is 11.5. The lowest BCUT2D eigenvalue weighted by Gasteiger charge is -2.13. The maximum Gasteiger partial charge on any atom is 0.229 e. The number of rotatable bonds is 4. The van der Waals surface area contributed by atoms with Crippen molar-refractivity contribution in [2.45, 2.75) is 13.8 Å². The topological polar surface area (TPSA) is 94.1 Å². The standard InChI is InChI=1S/C17H18N4O3S/c1-10-5-14(12-8-18-11(2)19-9-12)20-15-7-17(24-3)16(6-13(10)15)21-25(4,22)23/h5-9,21H,1-4H3. The first-order valence-electron chi connectivity index (χ1n) is 7.53. The molecule has 0 fully saturated rings. The summed E-state index contributed by atoms with van der Waals surface area (Å²) in [6.45, 7) is 3.77.